The van der Waals surface area contributed by atoms with Crippen LogP contribution < -0.4 is 5.43 Å². The van der Waals surface area contributed by atoms with E-state index in [1.165, 1.54) is 5.56 Å². The first-order chi connectivity index (χ1) is 11.2. The van der Waals surface area contributed by atoms with Gasteiger partial charge >= 0.3 is 0 Å². The maximum atomic E-state index is 12.3. The lowest BCUT2D eigenvalue weighted by Gasteiger charge is -2.22. The molecular weight excluding hydrogens is 296 g/mol. The Morgan fingerprint density at radius 2 is 1.88 bits per heavy atom. The Balaban J connectivity index is 2.08. The van der Waals surface area contributed by atoms with Gasteiger partial charge in [0, 0.05) is 5.56 Å². The molecule has 1 amide bonds. The predicted molar refractivity (Wildman–Crippen MR) is 101 cm³/mol. The number of nitrogens with zero attached hydrogens (tertiary/aromatic N) is 1. The van der Waals surface area contributed by atoms with Crippen molar-refractivity contribution in [2.75, 3.05) is 0 Å². The summed E-state index contributed by atoms with van der Waals surface area (Å²) in [6.07, 6.45) is 4.01. The van der Waals surface area contributed by atoms with Crippen LogP contribution in [-0.4, -0.2) is 11.6 Å². The van der Waals surface area contributed by atoms with Crippen LogP contribution in [0.4, 0.5) is 0 Å². The molecule has 3 nitrogen and oxygen atoms in total. The zero-order valence-corrected chi connectivity index (χ0v) is 15.4. The predicted octanol–water partition coefficient (Wildman–Crippen LogP) is 5.00. The Morgan fingerprint density at radius 1 is 1.25 bits per heavy atom. The summed E-state index contributed by atoms with van der Waals surface area (Å²) in [5.74, 6) is 0.239. The van der Waals surface area contributed by atoms with Crippen molar-refractivity contribution in [2.24, 2.45) is 11.0 Å². The number of hydrazone groups is 1. The summed E-state index contributed by atoms with van der Waals surface area (Å²) in [6.45, 7) is 14.6. The number of amides is 1. The summed E-state index contributed by atoms with van der Waals surface area (Å²) in [7, 11) is 0. The average molecular weight is 324 g/mol. The first-order valence-corrected chi connectivity index (χ1v) is 8.48. The molecule has 0 aromatic heterocycles. The van der Waals surface area contributed by atoms with Crippen molar-refractivity contribution in [1.82, 2.24) is 5.43 Å². The SMILES string of the molecule is C=C(C)[C@H]1CC=C(C)/C(=N\NC(=O)c2ccc(C(C)(C)C)cc2)C1. The molecule has 1 aliphatic rings. The van der Waals surface area contributed by atoms with Crippen LogP contribution in [0.25, 0.3) is 0 Å². The highest BCUT2D eigenvalue weighted by Crippen LogP contribution is 2.26. The number of nitrogens with one attached hydrogen (secondary N) is 1. The molecule has 0 aliphatic heterocycles. The van der Waals surface area contributed by atoms with Crippen LogP contribution >= 0.6 is 0 Å². The Labute approximate surface area is 145 Å². The lowest BCUT2D eigenvalue weighted by molar-refractivity contribution is 0.0954. The lowest BCUT2D eigenvalue weighted by atomic mass is 9.85. The average Bonchev–Trinajstić information content (AvgIpc) is 2.52. The first-order valence-electron chi connectivity index (χ1n) is 8.48. The molecule has 3 heteroatoms. The molecule has 128 valence electrons. The number of benzene rings is 1. The van der Waals surface area contributed by atoms with Crippen molar-refractivity contribution >= 4 is 11.6 Å². The van der Waals surface area contributed by atoms with Gasteiger partial charge in [0.05, 0.1) is 5.71 Å². The molecule has 0 radical (unpaired) electrons. The zero-order valence-electron chi connectivity index (χ0n) is 15.4. The van der Waals surface area contributed by atoms with Crippen LogP contribution in [0.1, 0.15) is 63.4 Å². The van der Waals surface area contributed by atoms with Crippen LogP contribution in [0.3, 0.4) is 0 Å². The fraction of sp³-hybridized carbons (Fsp3) is 0.429. The van der Waals surface area contributed by atoms with Gasteiger partial charge in [-0.05, 0) is 61.3 Å². The normalized spacial score (nSPS) is 19.8. The summed E-state index contributed by atoms with van der Waals surface area (Å²) in [5.41, 5.74) is 7.85. The van der Waals surface area contributed by atoms with Crippen molar-refractivity contribution in [2.45, 2.75) is 52.9 Å². The fourth-order valence-corrected chi connectivity index (χ4v) is 2.73. The third-order valence-corrected chi connectivity index (χ3v) is 4.61. The molecule has 0 heterocycles. The molecule has 1 aromatic rings. The van der Waals surface area contributed by atoms with Gasteiger partial charge in [-0.2, -0.15) is 5.10 Å². The number of carbonyl (C=O) groups is 1. The maximum Gasteiger partial charge on any atom is 0.271 e. The summed E-state index contributed by atoms with van der Waals surface area (Å²) in [6, 6.07) is 7.72. The van der Waals surface area contributed by atoms with Crippen LogP contribution in [0, 0.1) is 5.92 Å². The molecule has 1 aromatic carbocycles. The van der Waals surface area contributed by atoms with Gasteiger partial charge in [-0.25, -0.2) is 5.43 Å². The monoisotopic (exact) mass is 324 g/mol. The van der Waals surface area contributed by atoms with Crippen molar-refractivity contribution in [3.8, 4) is 0 Å². The summed E-state index contributed by atoms with van der Waals surface area (Å²) in [4.78, 5) is 12.3. The Hall–Kier alpha value is -2.16. The Kier molecular flexibility index (Phi) is 5.43. The van der Waals surface area contributed by atoms with E-state index in [2.05, 4.69) is 44.0 Å². The van der Waals surface area contributed by atoms with Crippen molar-refractivity contribution in [3.05, 3.63) is 59.2 Å². The van der Waals surface area contributed by atoms with Crippen LogP contribution in [-0.2, 0) is 5.41 Å². The molecule has 1 N–H and O–H groups in total. The van der Waals surface area contributed by atoms with Crippen molar-refractivity contribution in [3.63, 3.8) is 0 Å². The van der Waals surface area contributed by atoms with E-state index in [4.69, 9.17) is 0 Å². The molecular formula is C21H28N2O. The first kappa shape index (κ1) is 18.2. The summed E-state index contributed by atoms with van der Waals surface area (Å²) >= 11 is 0. The number of carbonyl (C=O) groups excluding carboxylic acids is 1. The standard InChI is InChI=1S/C21H28N2O/c1-14(2)17-8-7-15(3)19(13-17)22-23-20(24)16-9-11-18(12-10-16)21(4,5)6/h7,9-12,17H,1,8,13H2,2-6H3,(H,23,24)/b22-19-/t17-/m0/s1. The molecule has 1 aliphatic carbocycles. The lowest BCUT2D eigenvalue weighted by Crippen LogP contribution is -2.23. The van der Waals surface area contributed by atoms with Gasteiger partial charge in [-0.1, -0.05) is 51.1 Å². The van der Waals surface area contributed by atoms with Crippen LogP contribution in [0.2, 0.25) is 0 Å². The van der Waals surface area contributed by atoms with Gasteiger partial charge in [-0.3, -0.25) is 4.79 Å². The van der Waals surface area contributed by atoms with E-state index in [1.807, 2.05) is 38.1 Å². The van der Waals surface area contributed by atoms with E-state index in [0.29, 0.717) is 11.5 Å². The highest BCUT2D eigenvalue weighted by Gasteiger charge is 2.19. The third kappa shape index (κ3) is 4.44. The second-order valence-corrected chi connectivity index (χ2v) is 7.70. The molecule has 0 spiro atoms. The molecule has 0 unspecified atom stereocenters. The minimum Gasteiger partial charge on any atom is -0.267 e. The summed E-state index contributed by atoms with van der Waals surface area (Å²) in [5, 5.41) is 4.35. The van der Waals surface area contributed by atoms with Crippen LogP contribution in [0.15, 0.2) is 53.2 Å². The molecule has 24 heavy (non-hydrogen) atoms. The summed E-state index contributed by atoms with van der Waals surface area (Å²) < 4.78 is 0. The minimum absolute atomic E-state index is 0.0802. The Morgan fingerprint density at radius 3 is 2.42 bits per heavy atom. The Bertz CT molecular complexity index is 688. The van der Waals surface area contributed by atoms with E-state index in [1.54, 1.807) is 0 Å². The molecule has 0 fully saturated rings. The topological polar surface area (TPSA) is 41.5 Å². The van der Waals surface area contributed by atoms with E-state index >= 15 is 0 Å². The number of hydrogen-bond acceptors (Lipinski definition) is 2. The van der Waals surface area contributed by atoms with Crippen molar-refractivity contribution < 1.29 is 4.79 Å². The second-order valence-electron chi connectivity index (χ2n) is 7.70. The van der Waals surface area contributed by atoms with Gasteiger partial charge in [0.2, 0.25) is 0 Å². The van der Waals surface area contributed by atoms with E-state index in [0.717, 1.165) is 29.7 Å². The van der Waals surface area contributed by atoms with Gasteiger partial charge < -0.3 is 0 Å². The third-order valence-electron chi connectivity index (χ3n) is 4.61. The molecule has 0 saturated carbocycles. The van der Waals surface area contributed by atoms with Crippen molar-refractivity contribution in [1.29, 1.82) is 0 Å². The quantitative estimate of drug-likeness (QED) is 0.617. The van der Waals surface area contributed by atoms with Gasteiger partial charge in [0.25, 0.3) is 5.91 Å². The highest BCUT2D eigenvalue weighted by molar-refractivity contribution is 6.02. The van der Waals surface area contributed by atoms with Gasteiger partial charge in [-0.15, -0.1) is 0 Å². The van der Waals surface area contributed by atoms with Gasteiger partial charge in [0.1, 0.15) is 0 Å². The van der Waals surface area contributed by atoms with E-state index in [-0.39, 0.29) is 11.3 Å². The second kappa shape index (κ2) is 7.16. The molecule has 0 saturated heterocycles. The van der Waals surface area contributed by atoms with Crippen LogP contribution in [0.5, 0.6) is 0 Å². The van der Waals surface area contributed by atoms with Gasteiger partial charge in [0.15, 0.2) is 0 Å². The number of hydrogen-bond donors (Lipinski definition) is 1. The number of rotatable bonds is 3. The van der Waals surface area contributed by atoms with E-state index in [9.17, 15) is 4.79 Å². The minimum atomic E-state index is -0.173. The smallest absolute Gasteiger partial charge is 0.267 e. The van der Waals surface area contributed by atoms with E-state index < -0.39 is 0 Å². The fourth-order valence-electron chi connectivity index (χ4n) is 2.73. The highest BCUT2D eigenvalue weighted by atomic mass is 16.2. The largest absolute Gasteiger partial charge is 0.271 e. The molecule has 1 atom stereocenters. The molecule has 2 rings (SSSR count). The zero-order chi connectivity index (χ0) is 17.9. The number of allylic oxidation sites excluding steroid dienone is 3. The maximum absolute atomic E-state index is 12.3. The molecule has 0 bridgehead atoms.